The molecule has 0 aromatic carbocycles. The monoisotopic (exact) mass is 564 g/mol. The first-order valence-electron chi connectivity index (χ1n) is 1.77. The minimum Gasteiger partial charge on any atom is -0.394 e. The third-order valence-electron chi connectivity index (χ3n) is 0.530. The van der Waals surface area contributed by atoms with Gasteiger partial charge in [0.1, 0.15) is 1.43 Å². The summed E-state index contributed by atoms with van der Waals surface area (Å²) >= 11 is 9.10. The maximum Gasteiger partial charge on any atom is 0.117 e. The fourth-order valence-electron chi connectivity index (χ4n) is 0.0690. The van der Waals surface area contributed by atoms with Gasteiger partial charge in [-0.15, -0.1) is 0 Å². The standard InChI is InChI=1S/C3H4I4O/c4-2(5)3(6,7)1-8/h2,8H,1H2. The number of aliphatic hydroxyl groups excluding tert-OH is 1. The molecule has 0 heterocycles. The molecule has 1 nitrogen and oxygen atoms in total. The highest BCUT2D eigenvalue weighted by molar-refractivity contribution is 14.2. The molecule has 0 rings (SSSR count). The molecule has 8 heavy (non-hydrogen) atoms. The number of hydrogen-bond acceptors (Lipinski definition) is 1. The van der Waals surface area contributed by atoms with Gasteiger partial charge >= 0.3 is 0 Å². The van der Waals surface area contributed by atoms with Gasteiger partial charge in [-0.05, 0) is 0 Å². The molecule has 0 bridgehead atoms. The quantitative estimate of drug-likeness (QED) is 0.405. The molecule has 50 valence electrons. The highest BCUT2D eigenvalue weighted by atomic mass is 127. The molecular weight excluding hydrogens is 560 g/mol. The summed E-state index contributed by atoms with van der Waals surface area (Å²) in [5.41, 5.74) is 0. The molecule has 0 atom stereocenters. The highest BCUT2D eigenvalue weighted by Crippen LogP contribution is 2.39. The van der Waals surface area contributed by atoms with Crippen LogP contribution in [0.25, 0.3) is 0 Å². The minimum absolute atomic E-state index is 0.0106. The normalized spacial score (nSPS) is 12.8. The van der Waals surface area contributed by atoms with Gasteiger partial charge in [-0.2, -0.15) is 0 Å². The zero-order valence-corrected chi connectivity index (χ0v) is 12.4. The van der Waals surface area contributed by atoms with E-state index in [-0.39, 0.29) is 8.04 Å². The summed E-state index contributed by atoms with van der Waals surface area (Å²) in [6.07, 6.45) is 0. The Morgan fingerprint density at radius 1 is 1.38 bits per heavy atom. The lowest BCUT2D eigenvalue weighted by Crippen LogP contribution is -2.23. The summed E-state index contributed by atoms with van der Waals surface area (Å²) in [7, 11) is 0. The topological polar surface area (TPSA) is 20.2 Å². The summed E-state index contributed by atoms with van der Waals surface area (Å²) in [6, 6.07) is 0. The molecular formula is C3H4I4O. The lowest BCUT2D eigenvalue weighted by molar-refractivity contribution is 0.301. The Hall–Kier alpha value is 2.88. The third kappa shape index (κ3) is 3.91. The van der Waals surface area contributed by atoms with E-state index >= 15 is 0 Å². The lowest BCUT2D eigenvalue weighted by atomic mass is 10.5. The lowest BCUT2D eigenvalue weighted by Gasteiger charge is -2.18. The first-order chi connectivity index (χ1) is 3.50. The summed E-state index contributed by atoms with van der Waals surface area (Å²) < 4.78 is 0.486. The number of hydrogen-bond donors (Lipinski definition) is 1. The molecule has 0 aliphatic carbocycles. The van der Waals surface area contributed by atoms with Crippen LogP contribution in [-0.2, 0) is 0 Å². The molecule has 0 aromatic heterocycles. The Kier molecular flexibility index (Phi) is 6.39. The molecule has 5 heteroatoms. The van der Waals surface area contributed by atoms with E-state index in [1.54, 1.807) is 0 Å². The smallest absolute Gasteiger partial charge is 0.117 e. The molecule has 0 amide bonds. The second-order valence-electron chi connectivity index (χ2n) is 1.22. The summed E-state index contributed by atoms with van der Waals surface area (Å²) in [6.45, 7) is 0.241. The van der Waals surface area contributed by atoms with E-state index in [1.165, 1.54) is 0 Å². The van der Waals surface area contributed by atoms with Gasteiger partial charge in [-0.25, -0.2) is 0 Å². The van der Waals surface area contributed by atoms with Crippen LogP contribution in [0.5, 0.6) is 0 Å². The van der Waals surface area contributed by atoms with Crippen molar-refractivity contribution < 1.29 is 5.11 Å². The predicted octanol–water partition coefficient (Wildman–Crippen LogP) is 2.74. The second-order valence-corrected chi connectivity index (χ2v) is 12.0. The van der Waals surface area contributed by atoms with E-state index in [0.717, 1.165) is 0 Å². The van der Waals surface area contributed by atoms with Crippen LogP contribution >= 0.6 is 90.4 Å². The van der Waals surface area contributed by atoms with Crippen LogP contribution in [0.3, 0.4) is 0 Å². The van der Waals surface area contributed by atoms with Crippen molar-refractivity contribution in [3.8, 4) is 0 Å². The molecule has 0 saturated carbocycles. The van der Waals surface area contributed by atoms with Gasteiger partial charge in [0, 0.05) is 0 Å². The van der Waals surface area contributed by atoms with Crippen molar-refractivity contribution in [3.63, 3.8) is 0 Å². The molecule has 0 radical (unpaired) electrons. The Morgan fingerprint density at radius 2 is 1.75 bits per heavy atom. The van der Waals surface area contributed by atoms with Crippen molar-refractivity contribution in [2.24, 2.45) is 0 Å². The molecule has 1 N–H and O–H groups in total. The maximum atomic E-state index is 8.74. The van der Waals surface area contributed by atoms with Crippen molar-refractivity contribution >= 4 is 90.4 Å². The van der Waals surface area contributed by atoms with Crippen LogP contribution in [0.1, 0.15) is 0 Å². The van der Waals surface area contributed by atoms with Crippen molar-refractivity contribution in [2.75, 3.05) is 6.61 Å². The van der Waals surface area contributed by atoms with Crippen LogP contribution in [0.2, 0.25) is 0 Å². The van der Waals surface area contributed by atoms with Crippen LogP contribution in [0.15, 0.2) is 0 Å². The van der Waals surface area contributed by atoms with Crippen LogP contribution < -0.4 is 0 Å². The van der Waals surface area contributed by atoms with Gasteiger partial charge < -0.3 is 5.11 Å². The first-order valence-corrected chi connectivity index (χ1v) is 6.42. The molecule has 0 saturated heterocycles. The number of alkyl halides is 4. The first kappa shape index (κ1) is 10.9. The Labute approximate surface area is 103 Å². The van der Waals surface area contributed by atoms with E-state index < -0.39 is 0 Å². The van der Waals surface area contributed by atoms with Gasteiger partial charge in [0.05, 0.1) is 8.54 Å². The SMILES string of the molecule is OCC(I)(I)C(I)I. The Morgan fingerprint density at radius 3 is 1.75 bits per heavy atom. The average molecular weight is 564 g/mol. The summed E-state index contributed by atoms with van der Waals surface area (Å²) in [5, 5.41) is 8.74. The van der Waals surface area contributed by atoms with E-state index in [1.807, 2.05) is 0 Å². The fraction of sp³-hybridized carbons (Fsp3) is 1.00. The number of rotatable bonds is 2. The van der Waals surface area contributed by atoms with E-state index in [9.17, 15) is 0 Å². The zero-order chi connectivity index (χ0) is 6.78. The van der Waals surface area contributed by atoms with E-state index in [0.29, 0.717) is 1.93 Å². The second kappa shape index (κ2) is 4.70. The molecule has 0 aliphatic rings. The highest BCUT2D eigenvalue weighted by Gasteiger charge is 2.28. The van der Waals surface area contributed by atoms with Gasteiger partial charge in [0.15, 0.2) is 0 Å². The largest absolute Gasteiger partial charge is 0.394 e. The van der Waals surface area contributed by atoms with Gasteiger partial charge in [-0.3, -0.25) is 0 Å². The van der Waals surface area contributed by atoms with Crippen LogP contribution in [0, 0.1) is 0 Å². The zero-order valence-electron chi connectivity index (χ0n) is 3.74. The number of aliphatic hydroxyl groups is 1. The van der Waals surface area contributed by atoms with Crippen LogP contribution in [0.4, 0.5) is 0 Å². The summed E-state index contributed by atoms with van der Waals surface area (Å²) in [5.74, 6) is 0. The molecule has 0 aliphatic heterocycles. The number of halogens is 4. The minimum atomic E-state index is 0.0106. The van der Waals surface area contributed by atoms with Crippen molar-refractivity contribution in [1.82, 2.24) is 0 Å². The van der Waals surface area contributed by atoms with E-state index in [4.69, 9.17) is 5.11 Å². The fourth-order valence-corrected chi connectivity index (χ4v) is 0.463. The van der Waals surface area contributed by atoms with Gasteiger partial charge in [0.25, 0.3) is 0 Å². The molecule has 0 unspecified atom stereocenters. The molecule has 0 aromatic rings. The van der Waals surface area contributed by atoms with Crippen molar-refractivity contribution in [2.45, 2.75) is 3.36 Å². The van der Waals surface area contributed by atoms with E-state index in [2.05, 4.69) is 90.4 Å². The Balaban J connectivity index is 3.71. The summed E-state index contributed by atoms with van der Waals surface area (Å²) in [4.78, 5) is 0. The Bertz CT molecular complexity index is 71.7. The average Bonchev–Trinajstić information content (AvgIpc) is 1.67. The molecule has 0 fully saturated rings. The maximum absolute atomic E-state index is 8.74. The molecule has 0 spiro atoms. The predicted molar refractivity (Wildman–Crippen MR) is 69.7 cm³/mol. The third-order valence-corrected chi connectivity index (χ3v) is 9.35. The van der Waals surface area contributed by atoms with Gasteiger partial charge in [0.2, 0.25) is 0 Å². The van der Waals surface area contributed by atoms with Crippen molar-refractivity contribution in [3.05, 3.63) is 0 Å². The van der Waals surface area contributed by atoms with Crippen molar-refractivity contribution in [1.29, 1.82) is 0 Å². The van der Waals surface area contributed by atoms with Gasteiger partial charge in [-0.1, -0.05) is 90.4 Å². The van der Waals surface area contributed by atoms with Crippen LogP contribution in [-0.4, -0.2) is 15.1 Å².